The third kappa shape index (κ3) is 5.66. The van der Waals surface area contributed by atoms with Crippen LogP contribution in [0.4, 0.5) is 0 Å². The molecule has 1 aliphatic carbocycles. The zero-order valence-electron chi connectivity index (χ0n) is 15.2. The molecule has 0 radical (unpaired) electrons. The SMILES string of the molecule is COc1ccc(CCC(=O)O[C@H](C)C(=O)NC2CCCC2)cc1OC. The molecule has 1 amide bonds. The van der Waals surface area contributed by atoms with Gasteiger partial charge in [0, 0.05) is 12.5 Å². The lowest BCUT2D eigenvalue weighted by Gasteiger charge is -2.17. The van der Waals surface area contributed by atoms with E-state index in [-0.39, 0.29) is 24.3 Å². The van der Waals surface area contributed by atoms with Crippen molar-refractivity contribution < 1.29 is 23.8 Å². The third-order valence-corrected chi connectivity index (χ3v) is 4.44. The van der Waals surface area contributed by atoms with E-state index in [1.807, 2.05) is 12.1 Å². The van der Waals surface area contributed by atoms with Crippen LogP contribution >= 0.6 is 0 Å². The van der Waals surface area contributed by atoms with Crippen molar-refractivity contribution in [3.8, 4) is 11.5 Å². The molecule has 1 saturated carbocycles. The van der Waals surface area contributed by atoms with Gasteiger partial charge in [-0.25, -0.2) is 0 Å². The van der Waals surface area contributed by atoms with E-state index < -0.39 is 6.10 Å². The van der Waals surface area contributed by atoms with Crippen LogP contribution in [0.15, 0.2) is 18.2 Å². The minimum Gasteiger partial charge on any atom is -0.493 e. The van der Waals surface area contributed by atoms with Gasteiger partial charge >= 0.3 is 5.97 Å². The summed E-state index contributed by atoms with van der Waals surface area (Å²) in [6, 6.07) is 5.74. The average molecular weight is 349 g/mol. The molecule has 1 fully saturated rings. The molecule has 0 bridgehead atoms. The van der Waals surface area contributed by atoms with Crippen LogP contribution in [0.1, 0.15) is 44.6 Å². The van der Waals surface area contributed by atoms with E-state index in [4.69, 9.17) is 14.2 Å². The van der Waals surface area contributed by atoms with Crippen molar-refractivity contribution in [1.82, 2.24) is 5.32 Å². The lowest BCUT2D eigenvalue weighted by Crippen LogP contribution is -2.40. The molecule has 6 nitrogen and oxygen atoms in total. The highest BCUT2D eigenvalue weighted by atomic mass is 16.5. The Morgan fingerprint density at radius 3 is 2.48 bits per heavy atom. The zero-order valence-corrected chi connectivity index (χ0v) is 15.2. The van der Waals surface area contributed by atoms with Crippen molar-refractivity contribution >= 4 is 11.9 Å². The molecule has 2 rings (SSSR count). The van der Waals surface area contributed by atoms with Crippen LogP contribution in [0.3, 0.4) is 0 Å². The van der Waals surface area contributed by atoms with E-state index in [9.17, 15) is 9.59 Å². The minimum atomic E-state index is -0.765. The second-order valence-corrected chi connectivity index (χ2v) is 6.31. The summed E-state index contributed by atoms with van der Waals surface area (Å²) in [5, 5.41) is 2.94. The Morgan fingerprint density at radius 2 is 1.84 bits per heavy atom. The molecular formula is C19H27NO5. The monoisotopic (exact) mass is 349 g/mol. The first-order valence-electron chi connectivity index (χ1n) is 8.74. The van der Waals surface area contributed by atoms with Crippen LogP contribution in [-0.4, -0.2) is 38.2 Å². The molecule has 0 spiro atoms. The van der Waals surface area contributed by atoms with Gasteiger partial charge in [0.2, 0.25) is 0 Å². The van der Waals surface area contributed by atoms with Crippen LogP contribution in [0.5, 0.6) is 11.5 Å². The highest BCUT2D eigenvalue weighted by Crippen LogP contribution is 2.28. The van der Waals surface area contributed by atoms with Gasteiger partial charge in [-0.15, -0.1) is 0 Å². The van der Waals surface area contributed by atoms with Gasteiger partial charge in [0.15, 0.2) is 17.6 Å². The predicted octanol–water partition coefficient (Wildman–Crippen LogP) is 2.63. The number of esters is 1. The molecule has 1 aromatic rings. The van der Waals surface area contributed by atoms with Crippen molar-refractivity contribution in [2.24, 2.45) is 0 Å². The molecule has 1 N–H and O–H groups in total. The van der Waals surface area contributed by atoms with Crippen molar-refractivity contribution in [1.29, 1.82) is 0 Å². The molecule has 1 atom stereocenters. The number of benzene rings is 1. The maximum absolute atomic E-state index is 12.0. The fourth-order valence-corrected chi connectivity index (χ4v) is 2.98. The average Bonchev–Trinajstić information content (AvgIpc) is 3.12. The summed E-state index contributed by atoms with van der Waals surface area (Å²) in [7, 11) is 3.15. The summed E-state index contributed by atoms with van der Waals surface area (Å²) in [5.74, 6) is 0.666. The Kier molecular flexibility index (Phi) is 7.10. The quantitative estimate of drug-likeness (QED) is 0.730. The number of ether oxygens (including phenoxy) is 3. The number of aryl methyl sites for hydroxylation is 1. The van der Waals surface area contributed by atoms with Gasteiger partial charge in [-0.3, -0.25) is 9.59 Å². The molecule has 25 heavy (non-hydrogen) atoms. The molecular weight excluding hydrogens is 322 g/mol. The fraction of sp³-hybridized carbons (Fsp3) is 0.579. The summed E-state index contributed by atoms with van der Waals surface area (Å²) in [4.78, 5) is 24.0. The Bertz CT molecular complexity index is 595. The number of hydrogen-bond acceptors (Lipinski definition) is 5. The molecule has 0 unspecified atom stereocenters. The Labute approximate surface area is 148 Å². The first-order valence-corrected chi connectivity index (χ1v) is 8.74. The number of carbonyl (C=O) groups excluding carboxylic acids is 2. The van der Waals surface area contributed by atoms with Gasteiger partial charge in [-0.05, 0) is 43.9 Å². The molecule has 0 saturated heterocycles. The highest BCUT2D eigenvalue weighted by Gasteiger charge is 2.22. The van der Waals surface area contributed by atoms with E-state index >= 15 is 0 Å². The second-order valence-electron chi connectivity index (χ2n) is 6.31. The Balaban J connectivity index is 1.78. The molecule has 6 heteroatoms. The van der Waals surface area contributed by atoms with Gasteiger partial charge in [-0.2, -0.15) is 0 Å². The smallest absolute Gasteiger partial charge is 0.306 e. The number of nitrogens with one attached hydrogen (secondary N) is 1. The zero-order chi connectivity index (χ0) is 18.2. The van der Waals surface area contributed by atoms with Crippen molar-refractivity contribution in [2.75, 3.05) is 14.2 Å². The standard InChI is InChI=1S/C19H27NO5/c1-13(19(22)20-15-6-4-5-7-15)25-18(21)11-9-14-8-10-16(23-2)17(12-14)24-3/h8,10,12-13,15H,4-7,9,11H2,1-3H3,(H,20,22)/t13-/m1/s1. The number of hydrogen-bond donors (Lipinski definition) is 1. The van der Waals surface area contributed by atoms with E-state index in [0.717, 1.165) is 31.2 Å². The van der Waals surface area contributed by atoms with Gasteiger partial charge < -0.3 is 19.5 Å². The molecule has 0 aromatic heterocycles. The second kappa shape index (κ2) is 9.30. The first-order chi connectivity index (χ1) is 12.0. The van der Waals surface area contributed by atoms with Gasteiger partial charge in [0.1, 0.15) is 0 Å². The number of carbonyl (C=O) groups is 2. The largest absolute Gasteiger partial charge is 0.493 e. The lowest BCUT2D eigenvalue weighted by molar-refractivity contribution is -0.155. The Morgan fingerprint density at radius 1 is 1.16 bits per heavy atom. The summed E-state index contributed by atoms with van der Waals surface area (Å²) >= 11 is 0. The van der Waals surface area contributed by atoms with E-state index in [1.165, 1.54) is 0 Å². The highest BCUT2D eigenvalue weighted by molar-refractivity contribution is 5.83. The fourth-order valence-electron chi connectivity index (χ4n) is 2.98. The molecule has 1 aliphatic rings. The minimum absolute atomic E-state index is 0.205. The van der Waals surface area contributed by atoms with Crippen LogP contribution in [-0.2, 0) is 20.7 Å². The van der Waals surface area contributed by atoms with Crippen molar-refractivity contribution in [2.45, 2.75) is 57.6 Å². The number of rotatable bonds is 8. The lowest BCUT2D eigenvalue weighted by atomic mass is 10.1. The van der Waals surface area contributed by atoms with Gasteiger partial charge in [-0.1, -0.05) is 18.9 Å². The summed E-state index contributed by atoms with van der Waals surface area (Å²) < 4.78 is 15.7. The predicted molar refractivity (Wildman–Crippen MR) is 93.8 cm³/mol. The number of methoxy groups -OCH3 is 2. The van der Waals surface area contributed by atoms with Crippen LogP contribution in [0, 0.1) is 0 Å². The normalized spacial score (nSPS) is 15.5. The summed E-state index contributed by atoms with van der Waals surface area (Å²) in [6.45, 7) is 1.61. The molecule has 1 aromatic carbocycles. The van der Waals surface area contributed by atoms with Crippen LogP contribution in [0.25, 0.3) is 0 Å². The van der Waals surface area contributed by atoms with E-state index in [0.29, 0.717) is 17.9 Å². The van der Waals surface area contributed by atoms with Crippen molar-refractivity contribution in [3.05, 3.63) is 23.8 Å². The van der Waals surface area contributed by atoms with Crippen LogP contribution < -0.4 is 14.8 Å². The molecule has 138 valence electrons. The van der Waals surface area contributed by atoms with Crippen molar-refractivity contribution in [3.63, 3.8) is 0 Å². The van der Waals surface area contributed by atoms with Gasteiger partial charge in [0.05, 0.1) is 14.2 Å². The Hall–Kier alpha value is -2.24. The van der Waals surface area contributed by atoms with Crippen LogP contribution in [0.2, 0.25) is 0 Å². The topological polar surface area (TPSA) is 73.9 Å². The summed E-state index contributed by atoms with van der Waals surface area (Å²) in [5.41, 5.74) is 0.942. The first kappa shape index (κ1) is 19.1. The van der Waals surface area contributed by atoms with E-state index in [1.54, 1.807) is 27.2 Å². The molecule has 0 heterocycles. The third-order valence-electron chi connectivity index (χ3n) is 4.44. The number of amides is 1. The maximum Gasteiger partial charge on any atom is 0.306 e. The summed E-state index contributed by atoms with van der Waals surface area (Å²) in [6.07, 6.45) is 4.25. The van der Waals surface area contributed by atoms with E-state index in [2.05, 4.69) is 5.32 Å². The molecule has 0 aliphatic heterocycles. The van der Waals surface area contributed by atoms with Gasteiger partial charge in [0.25, 0.3) is 5.91 Å². The maximum atomic E-state index is 12.0.